The second-order valence-corrected chi connectivity index (χ2v) is 3.17. The largest absolute Gasteiger partial charge is 0.433 e. The van der Waals surface area contributed by atoms with E-state index in [1.807, 2.05) is 0 Å². The monoisotopic (exact) mass is 250 g/mol. The van der Waals surface area contributed by atoms with Crippen LogP contribution in [-0.2, 0) is 0 Å². The summed E-state index contributed by atoms with van der Waals surface area (Å²) in [5.74, 6) is -0.116. The van der Waals surface area contributed by atoms with Gasteiger partial charge in [0.05, 0.1) is 5.69 Å². The smallest absolute Gasteiger partial charge is 0.387 e. The van der Waals surface area contributed by atoms with Crippen molar-refractivity contribution in [2.45, 2.75) is 13.5 Å². The Bertz CT molecular complexity index is 527. The van der Waals surface area contributed by atoms with Crippen LogP contribution in [0.4, 0.5) is 14.5 Å². The third-order valence-corrected chi connectivity index (χ3v) is 1.85. The lowest BCUT2D eigenvalue weighted by molar-refractivity contribution is -0.0493. The molecule has 0 fully saturated rings. The Morgan fingerprint density at radius 3 is 2.61 bits per heavy atom. The number of nitrogens with one attached hydrogen (secondary N) is 1. The third-order valence-electron chi connectivity index (χ3n) is 1.85. The van der Waals surface area contributed by atoms with E-state index in [1.165, 1.54) is 24.3 Å². The van der Waals surface area contributed by atoms with Gasteiger partial charge in [-0.25, -0.2) is 0 Å². The molecule has 0 atom stereocenters. The standard InChI is InChI=1S/C11H8F2N4O/c1-7-2-3-10(18-11(12)13)9(4-7)17-16-8(5-14)6-15/h2-4,11,17H,1H3. The average Bonchev–Trinajstić information content (AvgIpc) is 2.33. The van der Waals surface area contributed by atoms with Crippen molar-refractivity contribution >= 4 is 11.4 Å². The third kappa shape index (κ3) is 3.72. The maximum Gasteiger partial charge on any atom is 0.387 e. The van der Waals surface area contributed by atoms with E-state index < -0.39 is 12.3 Å². The zero-order valence-electron chi connectivity index (χ0n) is 9.32. The number of hydrogen-bond acceptors (Lipinski definition) is 5. The number of hydrazone groups is 1. The maximum atomic E-state index is 12.1. The van der Waals surface area contributed by atoms with Crippen molar-refractivity contribution in [3.8, 4) is 17.9 Å². The van der Waals surface area contributed by atoms with E-state index in [-0.39, 0.29) is 11.4 Å². The van der Waals surface area contributed by atoms with Crippen molar-refractivity contribution in [2.75, 3.05) is 5.43 Å². The van der Waals surface area contributed by atoms with Gasteiger partial charge in [0, 0.05) is 0 Å². The summed E-state index contributed by atoms with van der Waals surface area (Å²) >= 11 is 0. The van der Waals surface area contributed by atoms with Crippen molar-refractivity contribution in [1.82, 2.24) is 0 Å². The van der Waals surface area contributed by atoms with Crippen molar-refractivity contribution < 1.29 is 13.5 Å². The van der Waals surface area contributed by atoms with Gasteiger partial charge >= 0.3 is 6.61 Å². The molecule has 0 unspecified atom stereocenters. The summed E-state index contributed by atoms with van der Waals surface area (Å²) in [6.07, 6.45) is 0. The fourth-order valence-electron chi connectivity index (χ4n) is 1.12. The average molecular weight is 250 g/mol. The highest BCUT2D eigenvalue weighted by Gasteiger charge is 2.09. The Kier molecular flexibility index (Phi) is 4.58. The molecule has 0 saturated carbocycles. The lowest BCUT2D eigenvalue weighted by Crippen LogP contribution is -2.05. The first-order valence-electron chi connectivity index (χ1n) is 4.76. The molecule has 0 radical (unpaired) electrons. The van der Waals surface area contributed by atoms with Crippen LogP contribution in [0.25, 0.3) is 0 Å². The normalized spacial score (nSPS) is 9.22. The van der Waals surface area contributed by atoms with E-state index in [1.54, 1.807) is 13.0 Å². The van der Waals surface area contributed by atoms with E-state index in [4.69, 9.17) is 10.5 Å². The number of ether oxygens (including phenoxy) is 1. The number of nitrogens with zero attached hydrogens (tertiary/aromatic N) is 3. The van der Waals surface area contributed by atoms with Crippen LogP contribution in [-0.4, -0.2) is 12.3 Å². The summed E-state index contributed by atoms with van der Waals surface area (Å²) in [6, 6.07) is 7.51. The van der Waals surface area contributed by atoms with E-state index >= 15 is 0 Å². The first-order chi connectivity index (χ1) is 8.56. The van der Waals surface area contributed by atoms with Gasteiger partial charge in [0.1, 0.15) is 12.1 Å². The number of nitriles is 2. The van der Waals surface area contributed by atoms with Gasteiger partial charge in [0.2, 0.25) is 5.71 Å². The number of benzene rings is 1. The van der Waals surface area contributed by atoms with E-state index in [9.17, 15) is 8.78 Å². The molecule has 0 amide bonds. The second-order valence-electron chi connectivity index (χ2n) is 3.17. The summed E-state index contributed by atoms with van der Waals surface area (Å²) in [7, 11) is 0. The molecule has 1 aromatic carbocycles. The SMILES string of the molecule is Cc1ccc(OC(F)F)c(NN=C(C#N)C#N)c1. The highest BCUT2D eigenvalue weighted by atomic mass is 19.3. The van der Waals surface area contributed by atoms with Gasteiger partial charge in [0.15, 0.2) is 5.75 Å². The Labute approximate surface area is 102 Å². The number of hydrogen-bond donors (Lipinski definition) is 1. The Hall–Kier alpha value is -2.67. The molecular formula is C11H8F2N4O. The summed E-state index contributed by atoms with van der Waals surface area (Å²) in [6.45, 7) is -1.22. The fourth-order valence-corrected chi connectivity index (χ4v) is 1.12. The molecule has 0 aromatic heterocycles. The molecule has 0 spiro atoms. The molecule has 0 aliphatic rings. The molecule has 92 valence electrons. The van der Waals surface area contributed by atoms with Crippen LogP contribution >= 0.6 is 0 Å². The Morgan fingerprint density at radius 1 is 1.39 bits per heavy atom. The lowest BCUT2D eigenvalue weighted by atomic mass is 10.2. The van der Waals surface area contributed by atoms with Crippen LogP contribution in [0.3, 0.4) is 0 Å². The number of rotatable bonds is 4. The summed E-state index contributed by atoms with van der Waals surface area (Å²) < 4.78 is 28.6. The van der Waals surface area contributed by atoms with Gasteiger partial charge in [-0.1, -0.05) is 6.07 Å². The Morgan fingerprint density at radius 2 is 2.06 bits per heavy atom. The number of aryl methyl sites for hydroxylation is 1. The molecule has 0 heterocycles. The molecule has 1 rings (SSSR count). The van der Waals surface area contributed by atoms with Crippen LogP contribution in [0.2, 0.25) is 0 Å². The lowest BCUT2D eigenvalue weighted by Gasteiger charge is -2.10. The van der Waals surface area contributed by atoms with Gasteiger partial charge in [-0.15, -0.1) is 0 Å². The Balaban J connectivity index is 3.00. The van der Waals surface area contributed by atoms with Crippen LogP contribution in [0, 0.1) is 29.6 Å². The molecule has 1 aromatic rings. The van der Waals surface area contributed by atoms with Gasteiger partial charge in [-0.3, -0.25) is 5.43 Å². The topological polar surface area (TPSA) is 81.2 Å². The molecule has 0 aliphatic carbocycles. The number of halogens is 2. The molecule has 0 saturated heterocycles. The van der Waals surface area contributed by atoms with Crippen LogP contribution < -0.4 is 10.2 Å². The van der Waals surface area contributed by atoms with Gasteiger partial charge < -0.3 is 4.74 Å². The van der Waals surface area contributed by atoms with E-state index in [0.29, 0.717) is 0 Å². The highest BCUT2D eigenvalue weighted by Crippen LogP contribution is 2.27. The zero-order valence-corrected chi connectivity index (χ0v) is 9.32. The minimum atomic E-state index is -2.97. The van der Waals surface area contributed by atoms with Gasteiger partial charge in [-0.05, 0) is 24.6 Å². The van der Waals surface area contributed by atoms with Gasteiger partial charge in [-0.2, -0.15) is 24.4 Å². The van der Waals surface area contributed by atoms with Crippen molar-refractivity contribution in [1.29, 1.82) is 10.5 Å². The fraction of sp³-hybridized carbons (Fsp3) is 0.182. The van der Waals surface area contributed by atoms with Crippen molar-refractivity contribution in [3.63, 3.8) is 0 Å². The molecule has 0 aliphatic heterocycles. The predicted octanol–water partition coefficient (Wildman–Crippen LogP) is 2.41. The van der Waals surface area contributed by atoms with E-state index in [2.05, 4.69) is 15.3 Å². The van der Waals surface area contributed by atoms with Crippen LogP contribution in [0.1, 0.15) is 5.56 Å². The quantitative estimate of drug-likeness (QED) is 0.657. The summed E-state index contributed by atoms with van der Waals surface area (Å²) in [5, 5.41) is 20.4. The van der Waals surface area contributed by atoms with Crippen LogP contribution in [0.5, 0.6) is 5.75 Å². The molecule has 0 bridgehead atoms. The van der Waals surface area contributed by atoms with Gasteiger partial charge in [0.25, 0.3) is 0 Å². The highest BCUT2D eigenvalue weighted by molar-refractivity contribution is 6.10. The first-order valence-corrected chi connectivity index (χ1v) is 4.76. The second kappa shape index (κ2) is 6.16. The van der Waals surface area contributed by atoms with E-state index in [0.717, 1.165) is 5.56 Å². The first kappa shape index (κ1) is 13.4. The van der Waals surface area contributed by atoms with Crippen LogP contribution in [0.15, 0.2) is 23.3 Å². The number of alkyl halides is 2. The predicted molar refractivity (Wildman–Crippen MR) is 60.1 cm³/mol. The van der Waals surface area contributed by atoms with Crippen molar-refractivity contribution in [2.24, 2.45) is 5.10 Å². The molecule has 1 N–H and O–H groups in total. The minimum absolute atomic E-state index is 0.116. The molecule has 7 heteroatoms. The molecule has 18 heavy (non-hydrogen) atoms. The van der Waals surface area contributed by atoms with Crippen molar-refractivity contribution in [3.05, 3.63) is 23.8 Å². The molecular weight excluding hydrogens is 242 g/mol. The molecule has 5 nitrogen and oxygen atoms in total. The minimum Gasteiger partial charge on any atom is -0.433 e. The number of anilines is 1. The summed E-state index contributed by atoms with van der Waals surface area (Å²) in [5.41, 5.74) is 2.86. The zero-order chi connectivity index (χ0) is 13.5. The maximum absolute atomic E-state index is 12.1. The summed E-state index contributed by atoms with van der Waals surface area (Å²) in [4.78, 5) is 0.